The van der Waals surface area contributed by atoms with Gasteiger partial charge in [0.2, 0.25) is 0 Å². The van der Waals surface area contributed by atoms with E-state index in [0.29, 0.717) is 23.2 Å². The SMILES string of the molecule is CCCc1c(C(=O)NC(CO)CO)[nH]c(C)c1C(=O)OC. The molecule has 7 nitrogen and oxygen atoms in total. The number of hydrogen-bond acceptors (Lipinski definition) is 5. The lowest BCUT2D eigenvalue weighted by Crippen LogP contribution is -2.40. The summed E-state index contributed by atoms with van der Waals surface area (Å²) < 4.78 is 4.75. The fourth-order valence-electron chi connectivity index (χ4n) is 2.16. The lowest BCUT2D eigenvalue weighted by Gasteiger charge is -2.13. The van der Waals surface area contributed by atoms with Crippen molar-refractivity contribution in [2.75, 3.05) is 20.3 Å². The normalized spacial score (nSPS) is 10.8. The molecule has 1 amide bonds. The Balaban J connectivity index is 3.17. The lowest BCUT2D eigenvalue weighted by molar-refractivity contribution is 0.0599. The molecule has 1 rings (SSSR count). The molecular formula is C14H22N2O5. The fourth-order valence-corrected chi connectivity index (χ4v) is 2.16. The number of aryl methyl sites for hydroxylation is 1. The van der Waals surface area contributed by atoms with Gasteiger partial charge in [-0.25, -0.2) is 4.79 Å². The molecule has 21 heavy (non-hydrogen) atoms. The summed E-state index contributed by atoms with van der Waals surface area (Å²) in [7, 11) is 1.29. The van der Waals surface area contributed by atoms with Gasteiger partial charge in [-0.15, -0.1) is 0 Å². The van der Waals surface area contributed by atoms with E-state index in [9.17, 15) is 9.59 Å². The van der Waals surface area contributed by atoms with Crippen molar-refractivity contribution < 1.29 is 24.5 Å². The highest BCUT2D eigenvalue weighted by Crippen LogP contribution is 2.21. The van der Waals surface area contributed by atoms with Crippen molar-refractivity contribution in [2.24, 2.45) is 0 Å². The van der Waals surface area contributed by atoms with Crippen LogP contribution in [-0.2, 0) is 11.2 Å². The number of methoxy groups -OCH3 is 1. The molecule has 0 bridgehead atoms. The van der Waals surface area contributed by atoms with Crippen LogP contribution in [0.1, 0.15) is 45.4 Å². The Morgan fingerprint density at radius 3 is 2.43 bits per heavy atom. The minimum atomic E-state index is -0.739. The molecule has 0 radical (unpaired) electrons. The quantitative estimate of drug-likeness (QED) is 0.535. The summed E-state index contributed by atoms with van der Waals surface area (Å²) >= 11 is 0. The lowest BCUT2D eigenvalue weighted by atomic mass is 10.0. The first-order chi connectivity index (χ1) is 9.99. The molecule has 0 aromatic carbocycles. The predicted octanol–water partition coefficient (Wildman–Crippen LogP) is 0.145. The summed E-state index contributed by atoms with van der Waals surface area (Å²) in [6.07, 6.45) is 1.30. The third-order valence-corrected chi connectivity index (χ3v) is 3.18. The first kappa shape index (κ1) is 17.2. The third kappa shape index (κ3) is 3.83. The van der Waals surface area contributed by atoms with Gasteiger partial charge < -0.3 is 25.3 Å². The largest absolute Gasteiger partial charge is 0.465 e. The van der Waals surface area contributed by atoms with Gasteiger partial charge in [0.05, 0.1) is 31.9 Å². The first-order valence-electron chi connectivity index (χ1n) is 6.82. The number of carbonyl (C=O) groups excluding carboxylic acids is 2. The maximum Gasteiger partial charge on any atom is 0.339 e. The third-order valence-electron chi connectivity index (χ3n) is 3.18. The standard InChI is InChI=1S/C14H22N2O5/c1-4-5-10-11(14(20)21-3)8(2)15-12(10)13(19)16-9(6-17)7-18/h9,15,17-18H,4-7H2,1-3H3,(H,16,19). The van der Waals surface area contributed by atoms with Gasteiger partial charge in [-0.3, -0.25) is 4.79 Å². The highest BCUT2D eigenvalue weighted by Gasteiger charge is 2.25. The number of esters is 1. The molecule has 0 spiro atoms. The van der Waals surface area contributed by atoms with Crippen LogP contribution in [-0.4, -0.2) is 53.4 Å². The van der Waals surface area contributed by atoms with Gasteiger partial charge in [-0.05, 0) is 18.9 Å². The molecule has 7 heteroatoms. The Morgan fingerprint density at radius 1 is 1.33 bits per heavy atom. The number of rotatable bonds is 7. The van der Waals surface area contributed by atoms with Crippen LogP contribution in [0.2, 0.25) is 0 Å². The number of nitrogens with one attached hydrogen (secondary N) is 2. The van der Waals surface area contributed by atoms with Crippen LogP contribution in [0.4, 0.5) is 0 Å². The van der Waals surface area contributed by atoms with Crippen molar-refractivity contribution in [1.29, 1.82) is 0 Å². The maximum atomic E-state index is 12.2. The summed E-state index contributed by atoms with van der Waals surface area (Å²) in [5, 5.41) is 20.5. The minimum absolute atomic E-state index is 0.265. The Labute approximate surface area is 123 Å². The van der Waals surface area contributed by atoms with E-state index in [0.717, 1.165) is 6.42 Å². The monoisotopic (exact) mass is 298 g/mol. The zero-order valence-electron chi connectivity index (χ0n) is 12.5. The Kier molecular flexibility index (Phi) is 6.39. The van der Waals surface area contributed by atoms with Crippen LogP contribution in [0.15, 0.2) is 0 Å². The van der Waals surface area contributed by atoms with E-state index in [1.54, 1.807) is 6.92 Å². The number of aromatic amines is 1. The van der Waals surface area contributed by atoms with Crippen LogP contribution in [0.3, 0.4) is 0 Å². The average Bonchev–Trinajstić information content (AvgIpc) is 2.81. The van der Waals surface area contributed by atoms with Crippen LogP contribution >= 0.6 is 0 Å². The van der Waals surface area contributed by atoms with Crippen LogP contribution < -0.4 is 5.32 Å². The van der Waals surface area contributed by atoms with Crippen molar-refractivity contribution in [3.8, 4) is 0 Å². The number of carbonyl (C=O) groups is 2. The highest BCUT2D eigenvalue weighted by atomic mass is 16.5. The number of aromatic nitrogens is 1. The summed E-state index contributed by atoms with van der Waals surface area (Å²) in [5.41, 5.74) is 1.78. The van der Waals surface area contributed by atoms with Gasteiger partial charge in [0.25, 0.3) is 5.91 Å². The molecule has 0 aliphatic heterocycles. The number of aliphatic hydroxyl groups is 2. The molecule has 0 saturated heterocycles. The molecule has 0 aliphatic rings. The second-order valence-corrected chi connectivity index (χ2v) is 4.76. The zero-order valence-corrected chi connectivity index (χ0v) is 12.5. The van der Waals surface area contributed by atoms with Gasteiger partial charge in [0.1, 0.15) is 5.69 Å². The molecule has 0 aliphatic carbocycles. The van der Waals surface area contributed by atoms with Gasteiger partial charge in [-0.2, -0.15) is 0 Å². The summed E-state index contributed by atoms with van der Waals surface area (Å²) in [4.78, 5) is 27.0. The fraction of sp³-hybridized carbons (Fsp3) is 0.571. The van der Waals surface area contributed by atoms with Gasteiger partial charge in [0, 0.05) is 5.69 Å². The maximum absolute atomic E-state index is 12.2. The molecule has 0 saturated carbocycles. The van der Waals surface area contributed by atoms with E-state index in [1.165, 1.54) is 7.11 Å². The Bertz CT molecular complexity index is 506. The Morgan fingerprint density at radius 2 is 1.95 bits per heavy atom. The number of hydrogen-bond donors (Lipinski definition) is 4. The molecule has 1 heterocycles. The molecule has 0 atom stereocenters. The van der Waals surface area contributed by atoms with E-state index >= 15 is 0 Å². The van der Waals surface area contributed by atoms with Crippen molar-refractivity contribution >= 4 is 11.9 Å². The second kappa shape index (κ2) is 7.80. The van der Waals surface area contributed by atoms with E-state index in [-0.39, 0.29) is 18.9 Å². The van der Waals surface area contributed by atoms with E-state index in [4.69, 9.17) is 14.9 Å². The van der Waals surface area contributed by atoms with Gasteiger partial charge in [0.15, 0.2) is 0 Å². The Hall–Kier alpha value is -1.86. The molecule has 4 N–H and O–H groups in total. The van der Waals surface area contributed by atoms with Crippen LogP contribution in [0, 0.1) is 6.92 Å². The number of ether oxygens (including phenoxy) is 1. The minimum Gasteiger partial charge on any atom is -0.465 e. The highest BCUT2D eigenvalue weighted by molar-refractivity contribution is 6.00. The van der Waals surface area contributed by atoms with Crippen LogP contribution in [0.5, 0.6) is 0 Å². The topological polar surface area (TPSA) is 112 Å². The van der Waals surface area contributed by atoms with E-state index < -0.39 is 17.9 Å². The number of H-pyrrole nitrogens is 1. The number of amides is 1. The molecule has 1 aromatic heterocycles. The average molecular weight is 298 g/mol. The first-order valence-corrected chi connectivity index (χ1v) is 6.82. The number of aliphatic hydroxyl groups excluding tert-OH is 2. The van der Waals surface area contributed by atoms with Crippen molar-refractivity contribution in [1.82, 2.24) is 10.3 Å². The second-order valence-electron chi connectivity index (χ2n) is 4.76. The van der Waals surface area contributed by atoms with Crippen molar-refractivity contribution in [2.45, 2.75) is 32.7 Å². The van der Waals surface area contributed by atoms with Crippen molar-refractivity contribution in [3.05, 3.63) is 22.5 Å². The molecule has 1 aromatic rings. The molecule has 0 fully saturated rings. The molecule has 118 valence electrons. The summed E-state index contributed by atoms with van der Waals surface area (Å²) in [6, 6.07) is -0.739. The van der Waals surface area contributed by atoms with Crippen molar-refractivity contribution in [3.63, 3.8) is 0 Å². The van der Waals surface area contributed by atoms with E-state index in [1.807, 2.05) is 6.92 Å². The molecule has 0 unspecified atom stereocenters. The summed E-state index contributed by atoms with van der Waals surface area (Å²) in [5.74, 6) is -0.961. The smallest absolute Gasteiger partial charge is 0.339 e. The van der Waals surface area contributed by atoms with Gasteiger partial charge in [-0.1, -0.05) is 13.3 Å². The predicted molar refractivity (Wildman–Crippen MR) is 76.3 cm³/mol. The van der Waals surface area contributed by atoms with E-state index in [2.05, 4.69) is 10.3 Å². The van der Waals surface area contributed by atoms with Crippen LogP contribution in [0.25, 0.3) is 0 Å². The van der Waals surface area contributed by atoms with Gasteiger partial charge >= 0.3 is 5.97 Å². The molecular weight excluding hydrogens is 276 g/mol. The summed E-state index contributed by atoms with van der Waals surface area (Å²) in [6.45, 7) is 2.90. The zero-order chi connectivity index (χ0) is 16.0.